The highest BCUT2D eigenvalue weighted by Gasteiger charge is 2.21. The number of likely N-dealkylation sites (tertiary alicyclic amines) is 1. The van der Waals surface area contributed by atoms with Crippen LogP contribution < -0.4 is 16.0 Å². The molecule has 158 valence electrons. The summed E-state index contributed by atoms with van der Waals surface area (Å²) in [6, 6.07) is 10.3. The fourth-order valence-corrected chi connectivity index (χ4v) is 3.18. The summed E-state index contributed by atoms with van der Waals surface area (Å²) in [5, 5.41) is 19.6. The maximum absolute atomic E-state index is 11.5. The number of aliphatic hydroxyl groups excluding tert-OH is 1. The SMILES string of the molecule is CCNC(=NCC(O)Cc1ccccc1)NC1CCN(CC(=O)NC)CC1.I. The molecular formula is C20H34IN5O2. The van der Waals surface area contributed by atoms with Crippen LogP contribution in [-0.2, 0) is 11.2 Å². The highest BCUT2D eigenvalue weighted by atomic mass is 127. The van der Waals surface area contributed by atoms with E-state index in [0.29, 0.717) is 25.6 Å². The van der Waals surface area contributed by atoms with Crippen LogP contribution in [0.3, 0.4) is 0 Å². The summed E-state index contributed by atoms with van der Waals surface area (Å²) in [5.74, 6) is 0.804. The molecule has 0 radical (unpaired) electrons. The largest absolute Gasteiger partial charge is 0.391 e. The molecule has 28 heavy (non-hydrogen) atoms. The first-order valence-corrected chi connectivity index (χ1v) is 9.80. The second kappa shape index (κ2) is 13.7. The molecule has 1 aliphatic heterocycles. The third-order valence-corrected chi connectivity index (χ3v) is 4.69. The van der Waals surface area contributed by atoms with Crippen molar-refractivity contribution in [3.05, 3.63) is 35.9 Å². The molecule has 1 unspecified atom stereocenters. The van der Waals surface area contributed by atoms with E-state index in [-0.39, 0.29) is 29.9 Å². The fourth-order valence-electron chi connectivity index (χ4n) is 3.18. The van der Waals surface area contributed by atoms with Crippen LogP contribution in [0.4, 0.5) is 0 Å². The zero-order valence-corrected chi connectivity index (χ0v) is 19.2. The Morgan fingerprint density at radius 2 is 1.96 bits per heavy atom. The van der Waals surface area contributed by atoms with Crippen LogP contribution in [0.2, 0.25) is 0 Å². The molecule has 7 nitrogen and oxygen atoms in total. The zero-order chi connectivity index (χ0) is 19.5. The smallest absolute Gasteiger partial charge is 0.233 e. The van der Waals surface area contributed by atoms with Crippen molar-refractivity contribution in [1.82, 2.24) is 20.9 Å². The number of carbonyl (C=O) groups excluding carboxylic acids is 1. The number of nitrogens with one attached hydrogen (secondary N) is 3. The van der Waals surface area contributed by atoms with E-state index < -0.39 is 6.10 Å². The highest BCUT2D eigenvalue weighted by molar-refractivity contribution is 14.0. The Bertz CT molecular complexity index is 592. The summed E-state index contributed by atoms with van der Waals surface area (Å²) < 4.78 is 0. The van der Waals surface area contributed by atoms with Crippen LogP contribution in [-0.4, -0.2) is 73.8 Å². The van der Waals surface area contributed by atoms with Gasteiger partial charge in [-0.1, -0.05) is 30.3 Å². The standard InChI is InChI=1S/C20H33N5O2.HI/c1-3-22-20(23-14-18(26)13-16-7-5-4-6-8-16)24-17-9-11-25(12-10-17)15-19(27)21-2;/h4-8,17-18,26H,3,9-15H2,1-2H3,(H,21,27)(H2,22,23,24);1H. The van der Waals surface area contributed by atoms with Crippen LogP contribution >= 0.6 is 24.0 Å². The molecule has 2 rings (SSSR count). The van der Waals surface area contributed by atoms with Gasteiger partial charge in [0.2, 0.25) is 5.91 Å². The Labute approximate surface area is 185 Å². The number of nitrogens with zero attached hydrogens (tertiary/aromatic N) is 2. The van der Waals surface area contributed by atoms with Gasteiger partial charge in [-0.25, -0.2) is 0 Å². The van der Waals surface area contributed by atoms with Crippen molar-refractivity contribution in [2.45, 2.75) is 38.3 Å². The topological polar surface area (TPSA) is 89.0 Å². The van der Waals surface area contributed by atoms with Gasteiger partial charge in [0.05, 0.1) is 19.2 Å². The molecule has 1 aromatic carbocycles. The number of amides is 1. The lowest BCUT2D eigenvalue weighted by Crippen LogP contribution is -2.50. The van der Waals surface area contributed by atoms with Gasteiger partial charge in [0, 0.05) is 39.1 Å². The maximum Gasteiger partial charge on any atom is 0.233 e. The molecule has 1 atom stereocenters. The van der Waals surface area contributed by atoms with Gasteiger partial charge in [-0.2, -0.15) is 0 Å². The van der Waals surface area contributed by atoms with Gasteiger partial charge in [0.15, 0.2) is 5.96 Å². The van der Waals surface area contributed by atoms with E-state index in [4.69, 9.17) is 0 Å². The van der Waals surface area contributed by atoms with Gasteiger partial charge in [-0.15, -0.1) is 24.0 Å². The number of halogens is 1. The van der Waals surface area contributed by atoms with E-state index in [1.807, 2.05) is 37.3 Å². The Balaban J connectivity index is 0.00000392. The molecule has 8 heteroatoms. The number of carbonyl (C=O) groups is 1. The third kappa shape index (κ3) is 9.20. The molecular weight excluding hydrogens is 469 g/mol. The van der Waals surface area contributed by atoms with Crippen LogP contribution in [0.1, 0.15) is 25.3 Å². The number of hydrogen-bond acceptors (Lipinski definition) is 4. The van der Waals surface area contributed by atoms with E-state index in [1.54, 1.807) is 7.05 Å². The molecule has 0 spiro atoms. The molecule has 1 amide bonds. The van der Waals surface area contributed by atoms with E-state index >= 15 is 0 Å². The van der Waals surface area contributed by atoms with Crippen LogP contribution in [0, 0.1) is 0 Å². The van der Waals surface area contributed by atoms with Gasteiger partial charge in [-0.05, 0) is 25.3 Å². The lowest BCUT2D eigenvalue weighted by molar-refractivity contribution is -0.122. The van der Waals surface area contributed by atoms with Gasteiger partial charge in [0.25, 0.3) is 0 Å². The fraction of sp³-hybridized carbons (Fsp3) is 0.600. The molecule has 1 heterocycles. The van der Waals surface area contributed by atoms with Crippen molar-refractivity contribution >= 4 is 35.8 Å². The van der Waals surface area contributed by atoms with E-state index in [1.165, 1.54) is 0 Å². The first kappa shape index (κ1) is 24.6. The Morgan fingerprint density at radius 3 is 2.57 bits per heavy atom. The average molecular weight is 503 g/mol. The van der Waals surface area contributed by atoms with Crippen LogP contribution in [0.25, 0.3) is 0 Å². The van der Waals surface area contributed by atoms with Crippen molar-refractivity contribution in [1.29, 1.82) is 0 Å². The predicted octanol–water partition coefficient (Wildman–Crippen LogP) is 0.974. The van der Waals surface area contributed by atoms with Crippen LogP contribution in [0.5, 0.6) is 0 Å². The molecule has 1 saturated heterocycles. The summed E-state index contributed by atoms with van der Waals surface area (Å²) in [5.41, 5.74) is 1.11. The Morgan fingerprint density at radius 1 is 1.29 bits per heavy atom. The number of aliphatic hydroxyl groups is 1. The van der Waals surface area contributed by atoms with Crippen molar-refractivity contribution in [3.63, 3.8) is 0 Å². The van der Waals surface area contributed by atoms with Crippen molar-refractivity contribution in [2.24, 2.45) is 4.99 Å². The molecule has 1 aromatic rings. The van der Waals surface area contributed by atoms with Crippen molar-refractivity contribution < 1.29 is 9.90 Å². The van der Waals surface area contributed by atoms with Gasteiger partial charge in [-0.3, -0.25) is 14.7 Å². The molecule has 4 N–H and O–H groups in total. The predicted molar refractivity (Wildman–Crippen MR) is 124 cm³/mol. The minimum absolute atomic E-state index is 0. The maximum atomic E-state index is 11.5. The first-order valence-electron chi connectivity index (χ1n) is 9.80. The minimum Gasteiger partial charge on any atom is -0.391 e. The van der Waals surface area contributed by atoms with Gasteiger partial charge >= 0.3 is 0 Å². The van der Waals surface area contributed by atoms with Gasteiger partial charge < -0.3 is 21.1 Å². The lowest BCUT2D eigenvalue weighted by Gasteiger charge is -2.32. The zero-order valence-electron chi connectivity index (χ0n) is 16.9. The lowest BCUT2D eigenvalue weighted by atomic mass is 10.1. The number of benzene rings is 1. The highest BCUT2D eigenvalue weighted by Crippen LogP contribution is 2.10. The minimum atomic E-state index is -0.503. The second-order valence-corrected chi connectivity index (χ2v) is 6.93. The van der Waals surface area contributed by atoms with Crippen LogP contribution in [0.15, 0.2) is 35.3 Å². The summed E-state index contributed by atoms with van der Waals surface area (Å²) in [6.07, 6.45) is 2.03. The quantitative estimate of drug-likeness (QED) is 0.241. The average Bonchev–Trinajstić information content (AvgIpc) is 2.68. The molecule has 0 aromatic heterocycles. The van der Waals surface area contributed by atoms with Crippen molar-refractivity contribution in [2.75, 3.05) is 39.8 Å². The monoisotopic (exact) mass is 503 g/mol. The van der Waals surface area contributed by atoms with E-state index in [0.717, 1.165) is 44.0 Å². The Kier molecular flexibility index (Phi) is 12.1. The second-order valence-electron chi connectivity index (χ2n) is 6.93. The Hall–Kier alpha value is -1.39. The number of likely N-dealkylation sites (N-methyl/N-ethyl adjacent to an activating group) is 1. The third-order valence-electron chi connectivity index (χ3n) is 4.69. The van der Waals surface area contributed by atoms with Gasteiger partial charge in [0.1, 0.15) is 0 Å². The molecule has 1 aliphatic rings. The molecule has 1 fully saturated rings. The molecule has 0 bridgehead atoms. The first-order chi connectivity index (χ1) is 13.1. The number of aliphatic imine (C=N–C) groups is 1. The molecule has 0 saturated carbocycles. The summed E-state index contributed by atoms with van der Waals surface area (Å²) in [6.45, 7) is 5.41. The summed E-state index contributed by atoms with van der Waals surface area (Å²) in [4.78, 5) is 18.2. The number of guanidine groups is 1. The summed E-state index contributed by atoms with van der Waals surface area (Å²) in [7, 11) is 1.67. The number of rotatable bonds is 8. The number of piperidine rings is 1. The number of hydrogen-bond donors (Lipinski definition) is 4. The van der Waals surface area contributed by atoms with E-state index in [2.05, 4.69) is 25.8 Å². The molecule has 0 aliphatic carbocycles. The van der Waals surface area contributed by atoms with E-state index in [9.17, 15) is 9.90 Å². The normalized spacial score (nSPS) is 16.8. The van der Waals surface area contributed by atoms with Crippen molar-refractivity contribution in [3.8, 4) is 0 Å². The summed E-state index contributed by atoms with van der Waals surface area (Å²) >= 11 is 0.